The predicted molar refractivity (Wildman–Crippen MR) is 80.7 cm³/mol. The summed E-state index contributed by atoms with van der Waals surface area (Å²) >= 11 is 6.33. The van der Waals surface area contributed by atoms with Gasteiger partial charge in [-0.05, 0) is 43.7 Å². The summed E-state index contributed by atoms with van der Waals surface area (Å²) in [7, 11) is 0. The molecular weight excluding hydrogens is 256 g/mol. The van der Waals surface area contributed by atoms with E-state index in [0.29, 0.717) is 0 Å². The van der Waals surface area contributed by atoms with E-state index in [1.165, 1.54) is 5.56 Å². The third-order valence-electron chi connectivity index (χ3n) is 3.20. The fraction of sp³-hybridized carbons (Fsp3) is 0.312. The number of nitrogens with one attached hydrogen (secondary N) is 1. The number of hydrogen-bond donors (Lipinski definition) is 1. The molecule has 1 unspecified atom stereocenters. The van der Waals surface area contributed by atoms with Crippen LogP contribution in [0.1, 0.15) is 35.5 Å². The van der Waals surface area contributed by atoms with Gasteiger partial charge in [-0.3, -0.25) is 4.98 Å². The third kappa shape index (κ3) is 3.14. The van der Waals surface area contributed by atoms with Gasteiger partial charge in [0, 0.05) is 16.4 Å². The highest BCUT2D eigenvalue weighted by Crippen LogP contribution is 2.29. The van der Waals surface area contributed by atoms with Crippen molar-refractivity contribution in [2.45, 2.75) is 26.8 Å². The van der Waals surface area contributed by atoms with Crippen LogP contribution in [0.25, 0.3) is 0 Å². The molecule has 1 aromatic carbocycles. The first-order valence-corrected chi connectivity index (χ1v) is 6.93. The van der Waals surface area contributed by atoms with Gasteiger partial charge in [-0.15, -0.1) is 0 Å². The molecule has 0 fully saturated rings. The van der Waals surface area contributed by atoms with Crippen molar-refractivity contribution >= 4 is 11.6 Å². The number of nitrogens with zero attached hydrogens (tertiary/aromatic N) is 1. The molecule has 0 saturated carbocycles. The van der Waals surface area contributed by atoms with E-state index in [4.69, 9.17) is 11.6 Å². The average molecular weight is 275 g/mol. The molecule has 1 heterocycles. The molecule has 0 bridgehead atoms. The van der Waals surface area contributed by atoms with E-state index in [2.05, 4.69) is 29.4 Å². The van der Waals surface area contributed by atoms with Crippen molar-refractivity contribution in [2.75, 3.05) is 6.54 Å². The van der Waals surface area contributed by atoms with Gasteiger partial charge in [-0.1, -0.05) is 42.8 Å². The predicted octanol–water partition coefficient (Wildman–Crippen LogP) is 4.05. The fourth-order valence-electron chi connectivity index (χ4n) is 2.30. The number of halogens is 1. The Morgan fingerprint density at radius 1 is 1.11 bits per heavy atom. The summed E-state index contributed by atoms with van der Waals surface area (Å²) in [5.41, 5.74) is 4.36. The molecule has 1 aromatic heterocycles. The normalized spacial score (nSPS) is 12.4. The SMILES string of the molecule is CCNC(c1ccccc1Cl)c1ccc(C)nc1C. The number of pyridine rings is 1. The van der Waals surface area contributed by atoms with Crippen LogP contribution in [-0.2, 0) is 0 Å². The lowest BCUT2D eigenvalue weighted by atomic mass is 9.97. The molecule has 100 valence electrons. The number of aromatic nitrogens is 1. The van der Waals surface area contributed by atoms with Crippen LogP contribution in [-0.4, -0.2) is 11.5 Å². The van der Waals surface area contributed by atoms with Crippen LogP contribution in [0.15, 0.2) is 36.4 Å². The van der Waals surface area contributed by atoms with Crippen molar-refractivity contribution in [1.82, 2.24) is 10.3 Å². The van der Waals surface area contributed by atoms with Gasteiger partial charge < -0.3 is 5.32 Å². The minimum Gasteiger partial charge on any atom is -0.306 e. The van der Waals surface area contributed by atoms with E-state index >= 15 is 0 Å². The van der Waals surface area contributed by atoms with Crippen LogP contribution < -0.4 is 5.32 Å². The molecule has 1 N–H and O–H groups in total. The van der Waals surface area contributed by atoms with Crippen molar-refractivity contribution < 1.29 is 0 Å². The molecule has 0 spiro atoms. The first-order chi connectivity index (χ1) is 9.13. The zero-order valence-electron chi connectivity index (χ0n) is 11.6. The molecular formula is C16H19ClN2. The quantitative estimate of drug-likeness (QED) is 0.910. The Morgan fingerprint density at radius 2 is 1.84 bits per heavy atom. The monoisotopic (exact) mass is 274 g/mol. The lowest BCUT2D eigenvalue weighted by Gasteiger charge is -2.21. The zero-order chi connectivity index (χ0) is 13.8. The van der Waals surface area contributed by atoms with Gasteiger partial charge in [-0.25, -0.2) is 0 Å². The van der Waals surface area contributed by atoms with Crippen molar-refractivity contribution in [1.29, 1.82) is 0 Å². The Labute approximate surface area is 119 Å². The smallest absolute Gasteiger partial charge is 0.0609 e. The van der Waals surface area contributed by atoms with E-state index in [-0.39, 0.29) is 6.04 Å². The molecule has 1 atom stereocenters. The molecule has 0 aliphatic carbocycles. The summed E-state index contributed by atoms with van der Waals surface area (Å²) in [4.78, 5) is 4.55. The van der Waals surface area contributed by atoms with Crippen molar-refractivity contribution in [3.8, 4) is 0 Å². The van der Waals surface area contributed by atoms with E-state index in [0.717, 1.165) is 28.5 Å². The molecule has 19 heavy (non-hydrogen) atoms. The number of rotatable bonds is 4. The van der Waals surface area contributed by atoms with Gasteiger partial charge in [0.2, 0.25) is 0 Å². The highest BCUT2D eigenvalue weighted by Gasteiger charge is 2.18. The minimum absolute atomic E-state index is 0.0896. The maximum Gasteiger partial charge on any atom is 0.0609 e. The van der Waals surface area contributed by atoms with Gasteiger partial charge in [0.25, 0.3) is 0 Å². The third-order valence-corrected chi connectivity index (χ3v) is 3.55. The lowest BCUT2D eigenvalue weighted by molar-refractivity contribution is 0.624. The standard InChI is InChI=1S/C16H19ClN2/c1-4-18-16(14-7-5-6-8-15(14)17)13-10-9-11(2)19-12(13)3/h5-10,16,18H,4H2,1-3H3. The largest absolute Gasteiger partial charge is 0.306 e. The molecule has 0 saturated heterocycles. The van der Waals surface area contributed by atoms with Gasteiger partial charge in [-0.2, -0.15) is 0 Å². The number of aryl methyl sites for hydroxylation is 2. The molecule has 0 aliphatic heterocycles. The highest BCUT2D eigenvalue weighted by atomic mass is 35.5. The molecule has 2 rings (SSSR count). The highest BCUT2D eigenvalue weighted by molar-refractivity contribution is 6.31. The van der Waals surface area contributed by atoms with Gasteiger partial charge in [0.1, 0.15) is 0 Å². The van der Waals surface area contributed by atoms with Gasteiger partial charge >= 0.3 is 0 Å². The Balaban J connectivity index is 2.48. The van der Waals surface area contributed by atoms with E-state index in [1.807, 2.05) is 38.1 Å². The summed E-state index contributed by atoms with van der Waals surface area (Å²) < 4.78 is 0. The van der Waals surface area contributed by atoms with Crippen LogP contribution in [0, 0.1) is 13.8 Å². The van der Waals surface area contributed by atoms with Crippen LogP contribution >= 0.6 is 11.6 Å². The first-order valence-electron chi connectivity index (χ1n) is 6.55. The Morgan fingerprint density at radius 3 is 2.47 bits per heavy atom. The summed E-state index contributed by atoms with van der Waals surface area (Å²) in [6.07, 6.45) is 0. The maximum atomic E-state index is 6.33. The number of benzene rings is 1. The summed E-state index contributed by atoms with van der Waals surface area (Å²) in [6, 6.07) is 12.2. The Kier molecular flexibility index (Phi) is 4.56. The number of hydrogen-bond acceptors (Lipinski definition) is 2. The Hall–Kier alpha value is -1.38. The summed E-state index contributed by atoms with van der Waals surface area (Å²) in [5.74, 6) is 0. The second-order valence-corrected chi connectivity index (χ2v) is 5.05. The van der Waals surface area contributed by atoms with E-state index < -0.39 is 0 Å². The van der Waals surface area contributed by atoms with Crippen molar-refractivity contribution in [3.63, 3.8) is 0 Å². The van der Waals surface area contributed by atoms with Gasteiger partial charge in [0.15, 0.2) is 0 Å². The average Bonchev–Trinajstić information content (AvgIpc) is 2.38. The molecule has 2 aromatic rings. The summed E-state index contributed by atoms with van der Waals surface area (Å²) in [5, 5.41) is 4.28. The van der Waals surface area contributed by atoms with E-state index in [9.17, 15) is 0 Å². The molecule has 0 aliphatic rings. The summed E-state index contributed by atoms with van der Waals surface area (Å²) in [6.45, 7) is 7.03. The van der Waals surface area contributed by atoms with Crippen LogP contribution in [0.5, 0.6) is 0 Å². The van der Waals surface area contributed by atoms with Crippen molar-refractivity contribution in [3.05, 3.63) is 63.9 Å². The molecule has 2 nitrogen and oxygen atoms in total. The second-order valence-electron chi connectivity index (χ2n) is 4.64. The topological polar surface area (TPSA) is 24.9 Å². The van der Waals surface area contributed by atoms with E-state index in [1.54, 1.807) is 0 Å². The second kappa shape index (κ2) is 6.18. The fourth-order valence-corrected chi connectivity index (χ4v) is 2.55. The minimum atomic E-state index is 0.0896. The maximum absolute atomic E-state index is 6.33. The molecule has 3 heteroatoms. The zero-order valence-corrected chi connectivity index (χ0v) is 12.3. The van der Waals surface area contributed by atoms with Crippen LogP contribution in [0.2, 0.25) is 5.02 Å². The van der Waals surface area contributed by atoms with Crippen molar-refractivity contribution in [2.24, 2.45) is 0 Å². The molecule has 0 radical (unpaired) electrons. The lowest BCUT2D eigenvalue weighted by Crippen LogP contribution is -2.23. The molecule has 0 amide bonds. The van der Waals surface area contributed by atoms with Gasteiger partial charge in [0.05, 0.1) is 6.04 Å². The Bertz CT molecular complexity index is 566. The first kappa shape index (κ1) is 14.0. The van der Waals surface area contributed by atoms with Crippen LogP contribution in [0.4, 0.5) is 0 Å². The van der Waals surface area contributed by atoms with Crippen LogP contribution in [0.3, 0.4) is 0 Å².